The molecule has 2 N–H and O–H groups in total. The van der Waals surface area contributed by atoms with Gasteiger partial charge in [0.05, 0.1) is 16.6 Å². The molecular formula is C27H32N6O5. The normalized spacial score (nSPS) is 14.8. The van der Waals surface area contributed by atoms with Gasteiger partial charge in [-0.3, -0.25) is 19.2 Å². The van der Waals surface area contributed by atoms with Crippen LogP contribution >= 0.6 is 0 Å². The molecule has 1 saturated heterocycles. The third-order valence-electron chi connectivity index (χ3n) is 6.46. The summed E-state index contributed by atoms with van der Waals surface area (Å²) in [6, 6.07) is 9.47. The Morgan fingerprint density at radius 1 is 1.11 bits per heavy atom. The monoisotopic (exact) mass is 520 g/mol. The Balaban J connectivity index is 1.36. The predicted octanol–water partition coefficient (Wildman–Crippen LogP) is 1.84. The molecule has 0 unspecified atom stereocenters. The third-order valence-corrected chi connectivity index (χ3v) is 6.46. The number of rotatable bonds is 7. The molecule has 0 radical (unpaired) electrons. The highest BCUT2D eigenvalue weighted by molar-refractivity contribution is 5.97. The average Bonchev–Trinajstić information content (AvgIpc) is 2.91. The first kappa shape index (κ1) is 26.8. The van der Waals surface area contributed by atoms with Crippen molar-refractivity contribution in [2.75, 3.05) is 27.2 Å². The molecule has 1 aliphatic rings. The van der Waals surface area contributed by atoms with Crippen LogP contribution in [0, 0.1) is 5.92 Å². The van der Waals surface area contributed by atoms with Crippen molar-refractivity contribution in [1.29, 1.82) is 0 Å². The Kier molecular flexibility index (Phi) is 8.04. The summed E-state index contributed by atoms with van der Waals surface area (Å²) >= 11 is 0. The Morgan fingerprint density at radius 2 is 1.82 bits per heavy atom. The summed E-state index contributed by atoms with van der Waals surface area (Å²) in [5.41, 5.74) is 0.608. The zero-order valence-corrected chi connectivity index (χ0v) is 21.9. The maximum absolute atomic E-state index is 13.3. The number of carbonyl (C=O) groups is 3. The van der Waals surface area contributed by atoms with Gasteiger partial charge in [0.15, 0.2) is 5.69 Å². The SMILES string of the molecule is CC(C)[C@H](NC(=O)c1nc2ccccc2[nH]c1=O)C(=O)N1CCC(Oc2ccc(C(=O)N(C)C)cn2)CC1. The van der Waals surface area contributed by atoms with Crippen molar-refractivity contribution >= 4 is 28.8 Å². The Morgan fingerprint density at radius 3 is 2.45 bits per heavy atom. The summed E-state index contributed by atoms with van der Waals surface area (Å²) in [6.07, 6.45) is 2.55. The number of hydrogen-bond acceptors (Lipinski definition) is 7. The molecule has 3 heterocycles. The van der Waals surface area contributed by atoms with E-state index < -0.39 is 17.5 Å². The molecule has 200 valence electrons. The lowest BCUT2D eigenvalue weighted by molar-refractivity contribution is -0.136. The molecule has 1 fully saturated rings. The van der Waals surface area contributed by atoms with Crippen molar-refractivity contribution in [3.05, 3.63) is 64.2 Å². The van der Waals surface area contributed by atoms with Crippen LogP contribution in [0.5, 0.6) is 5.88 Å². The topological polar surface area (TPSA) is 138 Å². The number of ether oxygens (including phenoxy) is 1. The van der Waals surface area contributed by atoms with Crippen LogP contribution in [0.25, 0.3) is 11.0 Å². The number of aromatic amines is 1. The number of nitrogens with zero attached hydrogens (tertiary/aromatic N) is 4. The van der Waals surface area contributed by atoms with E-state index in [1.165, 1.54) is 11.1 Å². The minimum absolute atomic E-state index is 0.130. The van der Waals surface area contributed by atoms with Crippen LogP contribution in [0.1, 0.15) is 47.5 Å². The van der Waals surface area contributed by atoms with Crippen molar-refractivity contribution < 1.29 is 19.1 Å². The van der Waals surface area contributed by atoms with Gasteiger partial charge < -0.3 is 24.8 Å². The molecule has 2 aromatic heterocycles. The second kappa shape index (κ2) is 11.4. The molecule has 38 heavy (non-hydrogen) atoms. The molecule has 0 aliphatic carbocycles. The maximum atomic E-state index is 13.3. The van der Waals surface area contributed by atoms with E-state index in [4.69, 9.17) is 4.74 Å². The molecule has 1 atom stereocenters. The number of likely N-dealkylation sites (tertiary alicyclic amines) is 1. The maximum Gasteiger partial charge on any atom is 0.280 e. The van der Waals surface area contributed by atoms with E-state index in [1.54, 1.807) is 55.4 Å². The fourth-order valence-electron chi connectivity index (χ4n) is 4.30. The zero-order valence-electron chi connectivity index (χ0n) is 21.9. The first-order valence-electron chi connectivity index (χ1n) is 12.6. The first-order valence-corrected chi connectivity index (χ1v) is 12.6. The first-order chi connectivity index (χ1) is 18.1. The molecule has 3 aromatic rings. The van der Waals surface area contributed by atoms with Crippen LogP contribution in [-0.2, 0) is 4.79 Å². The van der Waals surface area contributed by atoms with E-state index in [2.05, 4.69) is 20.3 Å². The molecule has 1 aromatic carbocycles. The molecular weight excluding hydrogens is 488 g/mol. The van der Waals surface area contributed by atoms with Gasteiger partial charge >= 0.3 is 0 Å². The Bertz CT molecular complexity index is 1380. The fourth-order valence-corrected chi connectivity index (χ4v) is 4.30. The van der Waals surface area contributed by atoms with E-state index in [0.717, 1.165) is 0 Å². The van der Waals surface area contributed by atoms with E-state index in [-0.39, 0.29) is 29.5 Å². The number of aromatic nitrogens is 3. The number of carbonyl (C=O) groups excluding carboxylic acids is 3. The Labute approximate surface area is 220 Å². The van der Waals surface area contributed by atoms with Crippen LogP contribution in [0.3, 0.4) is 0 Å². The van der Waals surface area contributed by atoms with Crippen LogP contribution < -0.4 is 15.6 Å². The van der Waals surface area contributed by atoms with E-state index in [9.17, 15) is 19.2 Å². The molecule has 11 nitrogen and oxygen atoms in total. The van der Waals surface area contributed by atoms with Crippen LogP contribution in [0.15, 0.2) is 47.4 Å². The Hall–Kier alpha value is -4.28. The van der Waals surface area contributed by atoms with Crippen molar-refractivity contribution in [2.45, 2.75) is 38.8 Å². The number of hydrogen-bond donors (Lipinski definition) is 2. The molecule has 1 aliphatic heterocycles. The van der Waals surface area contributed by atoms with Crippen molar-refractivity contribution in [3.63, 3.8) is 0 Å². The van der Waals surface area contributed by atoms with Gasteiger partial charge in [-0.25, -0.2) is 9.97 Å². The quantitative estimate of drug-likeness (QED) is 0.485. The van der Waals surface area contributed by atoms with Gasteiger partial charge in [-0.1, -0.05) is 26.0 Å². The van der Waals surface area contributed by atoms with E-state index in [1.807, 2.05) is 13.8 Å². The van der Waals surface area contributed by atoms with Gasteiger partial charge in [-0.2, -0.15) is 0 Å². The van der Waals surface area contributed by atoms with Crippen LogP contribution in [0.2, 0.25) is 0 Å². The van der Waals surface area contributed by atoms with Crippen molar-refractivity contribution in [1.82, 2.24) is 30.1 Å². The van der Waals surface area contributed by atoms with Crippen LogP contribution in [-0.4, -0.2) is 81.8 Å². The van der Waals surface area contributed by atoms with Crippen molar-refractivity contribution in [2.24, 2.45) is 5.92 Å². The molecule has 0 saturated carbocycles. The summed E-state index contributed by atoms with van der Waals surface area (Å²) in [5.74, 6) is -0.819. The summed E-state index contributed by atoms with van der Waals surface area (Å²) in [5, 5.41) is 2.72. The highest BCUT2D eigenvalue weighted by atomic mass is 16.5. The molecule has 0 spiro atoms. The van der Waals surface area contributed by atoms with Gasteiger partial charge in [0.1, 0.15) is 12.1 Å². The highest BCUT2D eigenvalue weighted by Gasteiger charge is 2.33. The lowest BCUT2D eigenvalue weighted by atomic mass is 10.00. The second-order valence-electron chi connectivity index (χ2n) is 9.85. The van der Waals surface area contributed by atoms with Gasteiger partial charge in [0.2, 0.25) is 11.8 Å². The minimum atomic E-state index is -0.809. The second-order valence-corrected chi connectivity index (χ2v) is 9.85. The number of benzene rings is 1. The van der Waals surface area contributed by atoms with E-state index in [0.29, 0.717) is 48.4 Å². The number of amides is 3. The number of H-pyrrole nitrogens is 1. The number of fused-ring (bicyclic) bond motifs is 1. The largest absolute Gasteiger partial charge is 0.474 e. The van der Waals surface area contributed by atoms with Gasteiger partial charge in [0.25, 0.3) is 17.4 Å². The van der Waals surface area contributed by atoms with Gasteiger partial charge in [0, 0.05) is 52.3 Å². The summed E-state index contributed by atoms with van der Waals surface area (Å²) in [4.78, 5) is 65.1. The lowest BCUT2D eigenvalue weighted by Crippen LogP contribution is -2.54. The molecule has 3 amide bonds. The molecule has 0 bridgehead atoms. The predicted molar refractivity (Wildman–Crippen MR) is 141 cm³/mol. The zero-order chi connectivity index (χ0) is 27.4. The number of nitrogens with one attached hydrogen (secondary N) is 2. The summed E-state index contributed by atoms with van der Waals surface area (Å²) in [6.45, 7) is 4.59. The standard InChI is InChI=1S/C27H32N6O5/c1-16(2)22(31-25(35)23-24(34)30-20-8-6-5-7-19(20)29-23)27(37)33-13-11-18(12-14-33)38-21-10-9-17(15-28-21)26(36)32(3)4/h5-10,15-16,18,22H,11-14H2,1-4H3,(H,30,34)(H,31,35)/t22-/m0/s1. The molecule has 11 heteroatoms. The average molecular weight is 521 g/mol. The molecule has 4 rings (SSSR count). The fraction of sp³-hybridized carbons (Fsp3) is 0.407. The smallest absolute Gasteiger partial charge is 0.280 e. The van der Waals surface area contributed by atoms with Crippen molar-refractivity contribution in [3.8, 4) is 5.88 Å². The summed E-state index contributed by atoms with van der Waals surface area (Å²) in [7, 11) is 3.36. The number of pyridine rings is 1. The number of para-hydroxylation sites is 2. The summed E-state index contributed by atoms with van der Waals surface area (Å²) < 4.78 is 5.97. The highest BCUT2D eigenvalue weighted by Crippen LogP contribution is 2.20. The van der Waals surface area contributed by atoms with Crippen LogP contribution in [0.4, 0.5) is 0 Å². The van der Waals surface area contributed by atoms with Gasteiger partial charge in [-0.05, 0) is 24.1 Å². The van der Waals surface area contributed by atoms with Gasteiger partial charge in [-0.15, -0.1) is 0 Å². The number of piperidine rings is 1. The third kappa shape index (κ3) is 5.99. The van der Waals surface area contributed by atoms with E-state index >= 15 is 0 Å². The lowest BCUT2D eigenvalue weighted by Gasteiger charge is -2.35. The minimum Gasteiger partial charge on any atom is -0.474 e.